The standard InChI is InChI=1S/C28H38O6/c1-15(29)18-11-12-26(6)22-10-9-19-20(28(22,8)23(32)14-27(18,26)7)13-21(33-16(2)30)24(25(19,4)5)34-17(3)31/h9,11,20-22,24H,10,12-14H2,1-8H3/t20-,21+,22+,24-,26+,27-,28+/m1/s1. The molecule has 0 aliphatic heterocycles. The van der Waals surface area contributed by atoms with Crippen LogP contribution in [0, 0.1) is 33.5 Å². The van der Waals surface area contributed by atoms with Crippen LogP contribution in [0.1, 0.15) is 81.1 Å². The van der Waals surface area contributed by atoms with E-state index in [9.17, 15) is 19.2 Å². The third kappa shape index (κ3) is 3.12. The molecule has 0 aromatic rings. The number of hydrogen-bond acceptors (Lipinski definition) is 6. The Morgan fingerprint density at radius 1 is 0.941 bits per heavy atom. The Morgan fingerprint density at radius 2 is 1.56 bits per heavy atom. The maximum Gasteiger partial charge on any atom is 0.303 e. The van der Waals surface area contributed by atoms with Crippen molar-refractivity contribution < 1.29 is 28.7 Å². The Bertz CT molecular complexity index is 1030. The number of carbonyl (C=O) groups is 4. The van der Waals surface area contributed by atoms with Gasteiger partial charge in [0, 0.05) is 36.5 Å². The topological polar surface area (TPSA) is 86.7 Å². The highest BCUT2D eigenvalue weighted by Crippen LogP contribution is 2.72. The second-order valence-corrected chi connectivity index (χ2v) is 12.1. The predicted molar refractivity (Wildman–Crippen MR) is 127 cm³/mol. The van der Waals surface area contributed by atoms with Crippen LogP contribution in [0.25, 0.3) is 0 Å². The Hall–Kier alpha value is -2.24. The molecule has 0 bridgehead atoms. The molecule has 0 spiro atoms. The average molecular weight is 471 g/mol. The minimum Gasteiger partial charge on any atom is -0.459 e. The van der Waals surface area contributed by atoms with Crippen molar-refractivity contribution in [3.8, 4) is 0 Å². The van der Waals surface area contributed by atoms with Crippen molar-refractivity contribution in [1.29, 1.82) is 0 Å². The fourth-order valence-corrected chi connectivity index (χ4v) is 8.24. The molecule has 2 saturated carbocycles. The normalized spacial score (nSPS) is 42.4. The van der Waals surface area contributed by atoms with Gasteiger partial charge in [-0.15, -0.1) is 0 Å². The number of rotatable bonds is 3. The van der Waals surface area contributed by atoms with Gasteiger partial charge in [0.15, 0.2) is 5.78 Å². The van der Waals surface area contributed by atoms with E-state index in [1.807, 2.05) is 13.8 Å². The van der Waals surface area contributed by atoms with Crippen LogP contribution in [0.3, 0.4) is 0 Å². The Morgan fingerprint density at radius 3 is 2.12 bits per heavy atom. The van der Waals surface area contributed by atoms with Gasteiger partial charge in [-0.3, -0.25) is 19.2 Å². The summed E-state index contributed by atoms with van der Waals surface area (Å²) < 4.78 is 11.4. The number of esters is 2. The lowest BCUT2D eigenvalue weighted by Crippen LogP contribution is -2.64. The molecule has 0 saturated heterocycles. The van der Waals surface area contributed by atoms with Gasteiger partial charge in [-0.05, 0) is 49.0 Å². The first-order chi connectivity index (χ1) is 15.6. The molecule has 6 nitrogen and oxygen atoms in total. The lowest BCUT2D eigenvalue weighted by atomic mass is 9.38. The fourth-order valence-electron chi connectivity index (χ4n) is 8.24. The highest BCUT2D eigenvalue weighted by atomic mass is 16.6. The van der Waals surface area contributed by atoms with Crippen molar-refractivity contribution in [3.05, 3.63) is 23.3 Å². The van der Waals surface area contributed by atoms with E-state index in [1.165, 1.54) is 13.8 Å². The first-order valence-corrected chi connectivity index (χ1v) is 12.4. The smallest absolute Gasteiger partial charge is 0.303 e. The zero-order valence-electron chi connectivity index (χ0n) is 21.7. The molecule has 4 aliphatic rings. The molecule has 2 fully saturated rings. The predicted octanol–water partition coefficient (Wildman–Crippen LogP) is 4.75. The zero-order chi connectivity index (χ0) is 25.4. The van der Waals surface area contributed by atoms with Gasteiger partial charge in [0.2, 0.25) is 0 Å². The van der Waals surface area contributed by atoms with E-state index in [4.69, 9.17) is 9.47 Å². The SMILES string of the molecule is CC(=O)O[C@H]1C[C@@H]2C(=CC[C@@H]3[C@@]2(C)C(=O)C[C@]2(C)C(C(C)=O)=CC[C@@]32C)C(C)(C)[C@@H]1OC(C)=O. The summed E-state index contributed by atoms with van der Waals surface area (Å²) in [7, 11) is 0. The van der Waals surface area contributed by atoms with Crippen LogP contribution >= 0.6 is 0 Å². The van der Waals surface area contributed by atoms with Gasteiger partial charge in [-0.1, -0.05) is 52.3 Å². The van der Waals surface area contributed by atoms with Gasteiger partial charge in [-0.25, -0.2) is 0 Å². The minimum atomic E-state index is -0.657. The molecular formula is C28H38O6. The largest absolute Gasteiger partial charge is 0.459 e. The molecule has 186 valence electrons. The maximum atomic E-state index is 14.1. The molecule has 4 aliphatic carbocycles. The van der Waals surface area contributed by atoms with Crippen molar-refractivity contribution in [3.63, 3.8) is 0 Å². The highest BCUT2D eigenvalue weighted by molar-refractivity contribution is 5.98. The molecule has 0 amide bonds. The summed E-state index contributed by atoms with van der Waals surface area (Å²) in [6, 6.07) is 0. The summed E-state index contributed by atoms with van der Waals surface area (Å²) >= 11 is 0. The molecule has 0 aromatic heterocycles. The third-order valence-electron chi connectivity index (χ3n) is 10.1. The number of allylic oxidation sites excluding steroid dienone is 3. The molecule has 0 radical (unpaired) electrons. The Balaban J connectivity index is 1.83. The van der Waals surface area contributed by atoms with E-state index in [1.54, 1.807) is 6.92 Å². The Kier molecular flexibility index (Phi) is 5.58. The van der Waals surface area contributed by atoms with E-state index >= 15 is 0 Å². The van der Waals surface area contributed by atoms with E-state index in [-0.39, 0.29) is 28.8 Å². The fraction of sp³-hybridized carbons (Fsp3) is 0.714. The monoisotopic (exact) mass is 470 g/mol. The van der Waals surface area contributed by atoms with Gasteiger partial charge < -0.3 is 9.47 Å². The van der Waals surface area contributed by atoms with E-state index in [0.717, 1.165) is 24.0 Å². The molecule has 0 unspecified atom stereocenters. The maximum absolute atomic E-state index is 14.1. The van der Waals surface area contributed by atoms with Crippen molar-refractivity contribution in [2.75, 3.05) is 0 Å². The van der Waals surface area contributed by atoms with E-state index in [2.05, 4.69) is 32.9 Å². The van der Waals surface area contributed by atoms with Gasteiger partial charge in [0.1, 0.15) is 18.0 Å². The zero-order valence-corrected chi connectivity index (χ0v) is 21.7. The third-order valence-corrected chi connectivity index (χ3v) is 10.1. The molecule has 34 heavy (non-hydrogen) atoms. The van der Waals surface area contributed by atoms with Crippen LogP contribution in [0.2, 0.25) is 0 Å². The number of ether oxygens (including phenoxy) is 2. The molecule has 6 heteroatoms. The van der Waals surface area contributed by atoms with Gasteiger partial charge >= 0.3 is 11.9 Å². The van der Waals surface area contributed by atoms with Crippen molar-refractivity contribution in [2.24, 2.45) is 33.5 Å². The first kappa shape index (κ1) is 24.9. The number of fused-ring (bicyclic) bond motifs is 5. The minimum absolute atomic E-state index is 0.0483. The lowest BCUT2D eigenvalue weighted by molar-refractivity contribution is -0.190. The molecule has 7 atom stereocenters. The van der Waals surface area contributed by atoms with Crippen LogP contribution in [0.4, 0.5) is 0 Å². The van der Waals surface area contributed by atoms with Crippen molar-refractivity contribution in [1.82, 2.24) is 0 Å². The summed E-state index contributed by atoms with van der Waals surface area (Å²) in [5.41, 5.74) is -0.0631. The second kappa shape index (κ2) is 7.63. The average Bonchev–Trinajstić information content (AvgIpc) is 2.96. The van der Waals surface area contributed by atoms with E-state index in [0.29, 0.717) is 12.8 Å². The van der Waals surface area contributed by atoms with Crippen molar-refractivity contribution in [2.45, 2.75) is 93.3 Å². The summed E-state index contributed by atoms with van der Waals surface area (Å²) in [6.07, 6.45) is 5.33. The van der Waals surface area contributed by atoms with Gasteiger partial charge in [-0.2, -0.15) is 0 Å². The van der Waals surface area contributed by atoms with Gasteiger partial charge in [0.05, 0.1) is 0 Å². The van der Waals surface area contributed by atoms with Crippen molar-refractivity contribution >= 4 is 23.5 Å². The summed E-state index contributed by atoms with van der Waals surface area (Å²) in [4.78, 5) is 50.6. The quantitative estimate of drug-likeness (QED) is 0.437. The number of hydrogen-bond donors (Lipinski definition) is 0. The number of carbonyl (C=O) groups excluding carboxylic acids is 4. The molecule has 0 heterocycles. The second-order valence-electron chi connectivity index (χ2n) is 12.1. The summed E-state index contributed by atoms with van der Waals surface area (Å²) in [5, 5.41) is 0. The van der Waals surface area contributed by atoms with Crippen LogP contribution in [-0.2, 0) is 28.7 Å². The van der Waals surface area contributed by atoms with E-state index < -0.39 is 40.4 Å². The molecular weight excluding hydrogens is 432 g/mol. The Labute approximate surface area is 202 Å². The first-order valence-electron chi connectivity index (χ1n) is 12.4. The molecule has 0 aromatic carbocycles. The molecule has 4 rings (SSSR count). The number of ketones is 2. The lowest BCUT2D eigenvalue weighted by Gasteiger charge is -2.64. The highest BCUT2D eigenvalue weighted by Gasteiger charge is 2.70. The van der Waals surface area contributed by atoms with Crippen LogP contribution in [0.15, 0.2) is 23.3 Å². The number of Topliss-reactive ketones (excluding diaryl/α,β-unsaturated/α-hetero) is 2. The van der Waals surface area contributed by atoms with Crippen LogP contribution < -0.4 is 0 Å². The van der Waals surface area contributed by atoms with Crippen LogP contribution in [0.5, 0.6) is 0 Å². The summed E-state index contributed by atoms with van der Waals surface area (Å²) in [5.74, 6) is -0.707. The van der Waals surface area contributed by atoms with Crippen LogP contribution in [-0.4, -0.2) is 35.7 Å². The summed E-state index contributed by atoms with van der Waals surface area (Å²) in [6.45, 7) is 14.8. The molecule has 0 N–H and O–H groups in total. The van der Waals surface area contributed by atoms with Gasteiger partial charge in [0.25, 0.3) is 0 Å².